The Hall–Kier alpha value is -1.96. The number of benzene rings is 2. The minimum Gasteiger partial charge on any atom is -0.368 e. The van der Waals surface area contributed by atoms with Gasteiger partial charge in [0.05, 0.1) is 28.9 Å². The van der Waals surface area contributed by atoms with E-state index in [2.05, 4.69) is 4.72 Å². The molecule has 0 spiro atoms. The monoisotopic (exact) mass is 599 g/mol. The highest BCUT2D eigenvalue weighted by atomic mass is 32.2. The first-order chi connectivity index (χ1) is 18.8. The Morgan fingerprint density at radius 3 is 1.98 bits per heavy atom. The smallest absolute Gasteiger partial charge is 0.368 e. The van der Waals surface area contributed by atoms with E-state index in [-0.39, 0.29) is 13.2 Å². The van der Waals surface area contributed by atoms with Crippen LogP contribution in [0.15, 0.2) is 65.7 Å². The molecule has 1 saturated heterocycles. The van der Waals surface area contributed by atoms with Crippen LogP contribution in [0.4, 0.5) is 13.2 Å². The molecule has 220 valence electrons. The molecule has 2 aromatic rings. The second kappa shape index (κ2) is 12.9. The Labute approximate surface area is 240 Å². The summed E-state index contributed by atoms with van der Waals surface area (Å²) in [4.78, 5) is 6.57. The molecule has 7 nitrogen and oxygen atoms in total. The zero-order valence-corrected chi connectivity index (χ0v) is 24.8. The number of rotatable bonds is 9. The molecule has 1 N–H and O–H groups in total. The minimum atomic E-state index is -4.79. The van der Waals surface area contributed by atoms with Gasteiger partial charge in [-0.2, -0.15) is 13.2 Å². The molecule has 0 aliphatic carbocycles. The van der Waals surface area contributed by atoms with E-state index >= 15 is 0 Å². The van der Waals surface area contributed by atoms with Crippen molar-refractivity contribution in [2.75, 3.05) is 14.1 Å². The first kappa shape index (κ1) is 31.0. The van der Waals surface area contributed by atoms with E-state index in [1.807, 2.05) is 74.8 Å². The molecule has 2 aliphatic heterocycles. The molecule has 7 unspecified atom stereocenters. The van der Waals surface area contributed by atoms with Gasteiger partial charge in [0, 0.05) is 14.1 Å². The summed E-state index contributed by atoms with van der Waals surface area (Å²) in [6.45, 7) is 5.03. The average Bonchev–Trinajstić information content (AvgIpc) is 3.33. The number of hydrogen-bond donors (Lipinski definition) is 1. The highest BCUT2D eigenvalue weighted by Crippen LogP contribution is 2.42. The molecule has 2 heterocycles. The van der Waals surface area contributed by atoms with Gasteiger partial charge >= 0.3 is 6.18 Å². The van der Waals surface area contributed by atoms with E-state index in [4.69, 9.17) is 19.2 Å². The topological polar surface area (TPSA) is 72.4 Å². The van der Waals surface area contributed by atoms with Gasteiger partial charge in [-0.15, -0.1) is 0 Å². The number of thioether (sulfide) groups is 1. The molecular formula is C28H36F3N3O4S2. The van der Waals surface area contributed by atoms with Crippen LogP contribution < -0.4 is 4.72 Å². The summed E-state index contributed by atoms with van der Waals surface area (Å²) >= 11 is 1.25. The van der Waals surface area contributed by atoms with Crippen LogP contribution in [-0.2, 0) is 38.4 Å². The number of alkyl halides is 3. The molecule has 0 aromatic heterocycles. The van der Waals surface area contributed by atoms with Gasteiger partial charge in [-0.3, -0.25) is 4.99 Å². The Morgan fingerprint density at radius 2 is 1.50 bits per heavy atom. The van der Waals surface area contributed by atoms with Crippen molar-refractivity contribution in [3.05, 3.63) is 71.8 Å². The van der Waals surface area contributed by atoms with Crippen molar-refractivity contribution < 1.29 is 31.6 Å². The molecule has 0 amide bonds. The van der Waals surface area contributed by atoms with Crippen LogP contribution in [0, 0.1) is 0 Å². The predicted octanol–water partition coefficient (Wildman–Crippen LogP) is 4.90. The van der Waals surface area contributed by atoms with Crippen molar-refractivity contribution in [2.24, 2.45) is 4.99 Å². The third kappa shape index (κ3) is 7.65. The first-order valence-corrected chi connectivity index (χ1v) is 15.0. The lowest BCUT2D eigenvalue weighted by atomic mass is 9.93. The number of ether oxygens (including phenoxy) is 3. The zero-order chi connectivity index (χ0) is 29.1. The van der Waals surface area contributed by atoms with E-state index in [0.29, 0.717) is 5.17 Å². The van der Waals surface area contributed by atoms with Crippen LogP contribution in [-0.4, -0.2) is 75.1 Å². The van der Waals surface area contributed by atoms with Gasteiger partial charge in [0.15, 0.2) is 5.17 Å². The minimum absolute atomic E-state index is 0.0400. The fraction of sp³-hybridized carbons (Fsp3) is 0.536. The van der Waals surface area contributed by atoms with E-state index < -0.39 is 57.7 Å². The van der Waals surface area contributed by atoms with Gasteiger partial charge in [0.25, 0.3) is 0 Å². The summed E-state index contributed by atoms with van der Waals surface area (Å²) in [5.74, 6) is 0. The third-order valence-corrected chi connectivity index (χ3v) is 9.34. The lowest BCUT2D eigenvalue weighted by molar-refractivity contribution is -0.244. The summed E-state index contributed by atoms with van der Waals surface area (Å²) in [7, 11) is 1.61. The van der Waals surface area contributed by atoms with Gasteiger partial charge in [0.2, 0.25) is 0 Å². The Balaban J connectivity index is 1.73. The van der Waals surface area contributed by atoms with Crippen LogP contribution in [0.1, 0.15) is 31.9 Å². The van der Waals surface area contributed by atoms with Crippen molar-refractivity contribution >= 4 is 27.9 Å². The van der Waals surface area contributed by atoms with Gasteiger partial charge in [-0.05, 0) is 31.9 Å². The van der Waals surface area contributed by atoms with Crippen LogP contribution in [0.2, 0.25) is 0 Å². The zero-order valence-electron chi connectivity index (χ0n) is 23.1. The third-order valence-electron chi connectivity index (χ3n) is 6.46. The molecule has 4 rings (SSSR count). The normalized spacial score (nSPS) is 26.6. The maximum absolute atomic E-state index is 14.7. The van der Waals surface area contributed by atoms with Crippen LogP contribution in [0.25, 0.3) is 0 Å². The van der Waals surface area contributed by atoms with Crippen molar-refractivity contribution in [1.82, 2.24) is 9.62 Å². The summed E-state index contributed by atoms with van der Waals surface area (Å²) in [6.07, 6.45) is -8.38. The van der Waals surface area contributed by atoms with E-state index in [1.165, 1.54) is 11.8 Å². The van der Waals surface area contributed by atoms with Gasteiger partial charge < -0.3 is 19.1 Å². The fourth-order valence-corrected chi connectivity index (χ4v) is 6.35. The molecule has 40 heavy (non-hydrogen) atoms. The maximum Gasteiger partial charge on any atom is 0.407 e. The lowest BCUT2D eigenvalue weighted by Gasteiger charge is -2.46. The molecule has 7 atom stereocenters. The Morgan fingerprint density at radius 1 is 0.975 bits per heavy atom. The standard InChI is InChI=1S/C28H36F3N3O4S2/c1-27(2,3)40(35)33-24(28(29,30)31)23-22(37-17-19-14-10-7-11-15-19)21(36-16-18-12-8-6-9-13-18)20-25(38-23)39-26(32-20)34(4)5/h6-15,20-25,33H,16-17H2,1-5H3. The summed E-state index contributed by atoms with van der Waals surface area (Å²) in [5, 5.41) is 0.626. The number of amidine groups is 1. The number of fused-ring (bicyclic) bond motifs is 1. The number of aliphatic imine (C=N–C) groups is 1. The predicted molar refractivity (Wildman–Crippen MR) is 152 cm³/mol. The molecule has 2 aromatic carbocycles. The summed E-state index contributed by atoms with van der Waals surface area (Å²) in [5.41, 5.74) is 0.915. The summed E-state index contributed by atoms with van der Waals surface area (Å²) < 4.78 is 77.2. The lowest BCUT2D eigenvalue weighted by Crippen LogP contribution is -2.66. The van der Waals surface area contributed by atoms with Crippen LogP contribution in [0.5, 0.6) is 0 Å². The molecule has 0 saturated carbocycles. The average molecular weight is 600 g/mol. The van der Waals surface area contributed by atoms with E-state index in [0.717, 1.165) is 11.1 Å². The maximum atomic E-state index is 14.7. The van der Waals surface area contributed by atoms with Crippen LogP contribution >= 0.6 is 11.8 Å². The SMILES string of the molecule is CN(C)C1=NC2C(OC(C(NS(=O)C(C)(C)C)C(F)(F)F)C(OCc3ccccc3)C2OCc2ccccc2)S1. The molecule has 12 heteroatoms. The number of nitrogens with zero attached hydrogens (tertiary/aromatic N) is 2. The van der Waals surface area contributed by atoms with E-state index in [9.17, 15) is 17.4 Å². The van der Waals surface area contributed by atoms with Crippen molar-refractivity contribution in [1.29, 1.82) is 0 Å². The number of nitrogens with one attached hydrogen (secondary N) is 1. The van der Waals surface area contributed by atoms with Gasteiger partial charge in [0.1, 0.15) is 35.8 Å². The number of halogens is 3. The van der Waals surface area contributed by atoms with Crippen molar-refractivity contribution in [3.8, 4) is 0 Å². The Bertz CT molecular complexity index is 1160. The molecule has 2 aliphatic rings. The highest BCUT2D eigenvalue weighted by molar-refractivity contribution is 8.14. The molecule has 0 radical (unpaired) electrons. The van der Waals surface area contributed by atoms with Crippen LogP contribution in [0.3, 0.4) is 0 Å². The largest absolute Gasteiger partial charge is 0.407 e. The quantitative estimate of drug-likeness (QED) is 0.442. The second-order valence-corrected chi connectivity index (χ2v) is 14.0. The van der Waals surface area contributed by atoms with Gasteiger partial charge in [-0.1, -0.05) is 72.4 Å². The Kier molecular flexibility index (Phi) is 10.0. The van der Waals surface area contributed by atoms with Gasteiger partial charge in [-0.25, -0.2) is 8.93 Å². The molecular weight excluding hydrogens is 563 g/mol. The van der Waals surface area contributed by atoms with Crippen molar-refractivity contribution in [2.45, 2.75) is 80.7 Å². The summed E-state index contributed by atoms with van der Waals surface area (Å²) in [6, 6.07) is 15.7. The first-order valence-electron chi connectivity index (χ1n) is 13.0. The number of hydrogen-bond acceptors (Lipinski definition) is 7. The second-order valence-electron chi connectivity index (χ2n) is 10.9. The molecule has 0 bridgehead atoms. The fourth-order valence-electron chi connectivity index (χ4n) is 4.36. The molecule has 1 fully saturated rings. The highest BCUT2D eigenvalue weighted by Gasteiger charge is 2.59. The van der Waals surface area contributed by atoms with E-state index in [1.54, 1.807) is 25.7 Å². The van der Waals surface area contributed by atoms with Crippen molar-refractivity contribution in [3.63, 3.8) is 0 Å².